The minimum Gasteiger partial charge on any atom is -0.489 e. The van der Waals surface area contributed by atoms with Gasteiger partial charge in [0.1, 0.15) is 16.7 Å². The molecule has 0 spiro atoms. The predicted molar refractivity (Wildman–Crippen MR) is 112 cm³/mol. The number of hydrogen-bond donors (Lipinski definition) is 0. The number of carbonyl (C=O) groups is 1. The third kappa shape index (κ3) is 4.55. The van der Waals surface area contributed by atoms with Gasteiger partial charge in [0, 0.05) is 11.6 Å². The van der Waals surface area contributed by atoms with E-state index in [1.807, 2.05) is 54.6 Å². The quantitative estimate of drug-likeness (QED) is 0.373. The molecule has 0 aromatic heterocycles. The van der Waals surface area contributed by atoms with Crippen LogP contribution >= 0.6 is 35.6 Å². The highest BCUT2D eigenvalue weighted by Gasteiger charge is 2.30. The van der Waals surface area contributed by atoms with Crippen LogP contribution in [0.2, 0.25) is 5.02 Å². The molecule has 0 aliphatic carbocycles. The maximum atomic E-state index is 12.3. The molecule has 0 unspecified atom stereocenters. The van der Waals surface area contributed by atoms with E-state index in [2.05, 4.69) is 6.58 Å². The average molecular weight is 402 g/mol. The summed E-state index contributed by atoms with van der Waals surface area (Å²) in [5.74, 6) is 0.680. The summed E-state index contributed by atoms with van der Waals surface area (Å²) >= 11 is 12.4. The van der Waals surface area contributed by atoms with Crippen LogP contribution in [0, 0.1) is 0 Å². The first-order chi connectivity index (χ1) is 12.6. The van der Waals surface area contributed by atoms with Gasteiger partial charge >= 0.3 is 0 Å². The smallest absolute Gasteiger partial charge is 0.266 e. The van der Waals surface area contributed by atoms with Crippen molar-refractivity contribution in [1.29, 1.82) is 0 Å². The summed E-state index contributed by atoms with van der Waals surface area (Å²) in [6.07, 6.45) is 3.51. The number of nitrogens with zero attached hydrogens (tertiary/aromatic N) is 1. The maximum Gasteiger partial charge on any atom is 0.266 e. The lowest BCUT2D eigenvalue weighted by atomic mass is 10.2. The molecule has 3 nitrogen and oxygen atoms in total. The molecule has 132 valence electrons. The summed E-state index contributed by atoms with van der Waals surface area (Å²) in [4.78, 5) is 14.5. The molecule has 1 saturated heterocycles. The topological polar surface area (TPSA) is 29.5 Å². The SMILES string of the molecule is C=CCN1C(=O)C(=Cc2ccc(OCc3ccc(Cl)cc3)cc2)SC1=S. The van der Waals surface area contributed by atoms with Crippen molar-refractivity contribution in [3.8, 4) is 5.75 Å². The second kappa shape index (κ2) is 8.54. The first-order valence-electron chi connectivity index (χ1n) is 7.90. The molecule has 1 heterocycles. The second-order valence-electron chi connectivity index (χ2n) is 5.57. The summed E-state index contributed by atoms with van der Waals surface area (Å²) in [7, 11) is 0. The summed E-state index contributed by atoms with van der Waals surface area (Å²) in [6, 6.07) is 15.1. The Morgan fingerprint density at radius 2 is 1.85 bits per heavy atom. The number of rotatable bonds is 6. The summed E-state index contributed by atoms with van der Waals surface area (Å²) in [6.45, 7) is 4.55. The molecule has 2 aromatic carbocycles. The highest BCUT2D eigenvalue weighted by atomic mass is 35.5. The Bertz CT molecular complexity index is 860. The van der Waals surface area contributed by atoms with Gasteiger partial charge in [-0.1, -0.05) is 65.9 Å². The normalized spacial score (nSPS) is 15.6. The Morgan fingerprint density at radius 3 is 2.50 bits per heavy atom. The van der Waals surface area contributed by atoms with E-state index in [1.165, 1.54) is 11.8 Å². The molecule has 1 aliphatic heterocycles. The van der Waals surface area contributed by atoms with Gasteiger partial charge in [0.25, 0.3) is 5.91 Å². The molecule has 0 radical (unpaired) electrons. The van der Waals surface area contributed by atoms with Crippen LogP contribution in [0.25, 0.3) is 6.08 Å². The Kier molecular flexibility index (Phi) is 6.14. The molecule has 6 heteroatoms. The van der Waals surface area contributed by atoms with E-state index in [0.717, 1.165) is 16.9 Å². The first kappa shape index (κ1) is 18.7. The van der Waals surface area contributed by atoms with Gasteiger partial charge in [-0.2, -0.15) is 0 Å². The van der Waals surface area contributed by atoms with Crippen molar-refractivity contribution in [3.63, 3.8) is 0 Å². The summed E-state index contributed by atoms with van der Waals surface area (Å²) < 4.78 is 6.33. The molecular weight excluding hydrogens is 386 g/mol. The van der Waals surface area contributed by atoms with Gasteiger partial charge in [0.2, 0.25) is 0 Å². The van der Waals surface area contributed by atoms with E-state index < -0.39 is 0 Å². The van der Waals surface area contributed by atoms with E-state index in [0.29, 0.717) is 27.4 Å². The standard InChI is InChI=1S/C20H16ClNO2S2/c1-2-11-22-19(23)18(26-20(22)25)12-14-5-9-17(10-6-14)24-13-15-3-7-16(21)8-4-15/h2-10,12H,1,11,13H2. The van der Waals surface area contributed by atoms with Gasteiger partial charge in [0.05, 0.1) is 4.91 Å². The van der Waals surface area contributed by atoms with Crippen molar-refractivity contribution in [1.82, 2.24) is 4.90 Å². The maximum absolute atomic E-state index is 12.3. The van der Waals surface area contributed by atoms with Gasteiger partial charge in [-0.3, -0.25) is 9.69 Å². The Balaban J connectivity index is 1.64. The van der Waals surface area contributed by atoms with Crippen LogP contribution in [-0.2, 0) is 11.4 Å². The zero-order valence-electron chi connectivity index (χ0n) is 13.9. The first-order valence-corrected chi connectivity index (χ1v) is 9.50. The van der Waals surface area contributed by atoms with Gasteiger partial charge in [-0.15, -0.1) is 6.58 Å². The number of benzene rings is 2. The fourth-order valence-electron chi connectivity index (χ4n) is 2.35. The lowest BCUT2D eigenvalue weighted by molar-refractivity contribution is -0.121. The van der Waals surface area contributed by atoms with Crippen LogP contribution < -0.4 is 4.74 Å². The molecule has 1 aliphatic rings. The van der Waals surface area contributed by atoms with E-state index in [1.54, 1.807) is 11.0 Å². The molecule has 0 saturated carbocycles. The fraction of sp³-hybridized carbons (Fsp3) is 0.100. The molecule has 26 heavy (non-hydrogen) atoms. The Labute approximate surface area is 167 Å². The zero-order chi connectivity index (χ0) is 18.5. The van der Waals surface area contributed by atoms with Gasteiger partial charge in [0.15, 0.2) is 0 Å². The zero-order valence-corrected chi connectivity index (χ0v) is 16.2. The molecule has 1 amide bonds. The lowest BCUT2D eigenvalue weighted by Gasteiger charge is -2.10. The van der Waals surface area contributed by atoms with E-state index in [-0.39, 0.29) is 5.91 Å². The van der Waals surface area contributed by atoms with Crippen molar-refractivity contribution < 1.29 is 9.53 Å². The van der Waals surface area contributed by atoms with E-state index in [4.69, 9.17) is 28.6 Å². The summed E-state index contributed by atoms with van der Waals surface area (Å²) in [5.41, 5.74) is 1.97. The summed E-state index contributed by atoms with van der Waals surface area (Å²) in [5, 5.41) is 0.705. The van der Waals surface area contributed by atoms with Crippen LogP contribution in [0.1, 0.15) is 11.1 Å². The van der Waals surface area contributed by atoms with Crippen LogP contribution in [0.4, 0.5) is 0 Å². The van der Waals surface area contributed by atoms with Crippen molar-refractivity contribution in [3.05, 3.63) is 82.2 Å². The van der Waals surface area contributed by atoms with Gasteiger partial charge < -0.3 is 4.74 Å². The number of halogens is 1. The number of hydrogen-bond acceptors (Lipinski definition) is 4. The van der Waals surface area contributed by atoms with Crippen molar-refractivity contribution >= 4 is 51.9 Å². The molecule has 2 aromatic rings. The highest BCUT2D eigenvalue weighted by molar-refractivity contribution is 8.26. The fourth-order valence-corrected chi connectivity index (χ4v) is 3.75. The number of thioether (sulfide) groups is 1. The largest absolute Gasteiger partial charge is 0.489 e. The second-order valence-corrected chi connectivity index (χ2v) is 7.68. The molecule has 3 rings (SSSR count). The van der Waals surface area contributed by atoms with Crippen molar-refractivity contribution in [2.75, 3.05) is 6.54 Å². The monoisotopic (exact) mass is 401 g/mol. The van der Waals surface area contributed by atoms with Crippen LogP contribution in [-0.4, -0.2) is 21.7 Å². The number of ether oxygens (including phenoxy) is 1. The molecular formula is C20H16ClNO2S2. The average Bonchev–Trinajstić information content (AvgIpc) is 2.90. The van der Waals surface area contributed by atoms with Crippen LogP contribution in [0.5, 0.6) is 5.75 Å². The number of thiocarbonyl (C=S) groups is 1. The van der Waals surface area contributed by atoms with Gasteiger partial charge in [-0.05, 0) is 41.5 Å². The van der Waals surface area contributed by atoms with E-state index >= 15 is 0 Å². The number of amides is 1. The molecule has 0 atom stereocenters. The minimum absolute atomic E-state index is 0.0806. The van der Waals surface area contributed by atoms with Crippen molar-refractivity contribution in [2.45, 2.75) is 6.61 Å². The van der Waals surface area contributed by atoms with Crippen LogP contribution in [0.3, 0.4) is 0 Å². The third-order valence-electron chi connectivity index (χ3n) is 3.68. The highest BCUT2D eigenvalue weighted by Crippen LogP contribution is 2.32. The molecule has 1 fully saturated rings. The lowest BCUT2D eigenvalue weighted by Crippen LogP contribution is -2.27. The van der Waals surface area contributed by atoms with E-state index in [9.17, 15) is 4.79 Å². The third-order valence-corrected chi connectivity index (χ3v) is 5.31. The Hall–Kier alpha value is -2.08. The van der Waals surface area contributed by atoms with Crippen molar-refractivity contribution in [2.24, 2.45) is 0 Å². The Morgan fingerprint density at radius 1 is 1.15 bits per heavy atom. The van der Waals surface area contributed by atoms with Crippen LogP contribution in [0.15, 0.2) is 66.1 Å². The number of carbonyl (C=O) groups excluding carboxylic acids is 1. The predicted octanol–water partition coefficient (Wildman–Crippen LogP) is 5.31. The minimum atomic E-state index is -0.0806. The van der Waals surface area contributed by atoms with Gasteiger partial charge in [-0.25, -0.2) is 0 Å². The molecule has 0 bridgehead atoms. The molecule has 0 N–H and O–H groups in total.